The highest BCUT2D eigenvalue weighted by Crippen LogP contribution is 2.21. The van der Waals surface area contributed by atoms with E-state index in [0.717, 1.165) is 5.39 Å². The molecule has 3 N–H and O–H groups in total. The highest BCUT2D eigenvalue weighted by molar-refractivity contribution is 6.11. The molecule has 0 saturated heterocycles. The second-order valence-corrected chi connectivity index (χ2v) is 4.27. The van der Waals surface area contributed by atoms with Crippen LogP contribution in [0.4, 0.5) is 5.69 Å². The SMILES string of the molecule is O=C(Nc1cccc2cccnc12)c1nc[nH]c1C(=O)O. The van der Waals surface area contributed by atoms with Crippen LogP contribution in [-0.2, 0) is 0 Å². The third kappa shape index (κ3) is 2.32. The summed E-state index contributed by atoms with van der Waals surface area (Å²) >= 11 is 0. The topological polar surface area (TPSA) is 108 Å². The van der Waals surface area contributed by atoms with Crippen molar-refractivity contribution in [3.63, 3.8) is 0 Å². The van der Waals surface area contributed by atoms with E-state index < -0.39 is 11.9 Å². The van der Waals surface area contributed by atoms with Crippen LogP contribution < -0.4 is 5.32 Å². The minimum atomic E-state index is -1.24. The van der Waals surface area contributed by atoms with Gasteiger partial charge >= 0.3 is 5.97 Å². The maximum Gasteiger partial charge on any atom is 0.354 e. The van der Waals surface area contributed by atoms with Gasteiger partial charge in [0.2, 0.25) is 0 Å². The van der Waals surface area contributed by atoms with E-state index >= 15 is 0 Å². The second-order valence-electron chi connectivity index (χ2n) is 4.27. The Kier molecular flexibility index (Phi) is 3.07. The van der Waals surface area contributed by atoms with E-state index in [2.05, 4.69) is 20.3 Å². The van der Waals surface area contributed by atoms with Crippen LogP contribution in [-0.4, -0.2) is 31.9 Å². The summed E-state index contributed by atoms with van der Waals surface area (Å²) in [6, 6.07) is 9.01. The molecule has 7 heteroatoms. The molecule has 0 atom stereocenters. The summed E-state index contributed by atoms with van der Waals surface area (Å²) in [5.41, 5.74) is 0.703. The Hall–Kier alpha value is -3.22. The molecule has 0 aliphatic carbocycles. The maximum absolute atomic E-state index is 12.2. The van der Waals surface area contributed by atoms with Crippen molar-refractivity contribution in [2.45, 2.75) is 0 Å². The van der Waals surface area contributed by atoms with Gasteiger partial charge in [0.05, 0.1) is 17.5 Å². The van der Waals surface area contributed by atoms with Crippen molar-refractivity contribution < 1.29 is 14.7 Å². The average Bonchev–Trinajstić information content (AvgIpc) is 2.97. The summed E-state index contributed by atoms with van der Waals surface area (Å²) in [5.74, 6) is -1.85. The third-order valence-electron chi connectivity index (χ3n) is 2.95. The Morgan fingerprint density at radius 3 is 2.76 bits per heavy atom. The Labute approximate surface area is 118 Å². The Bertz CT molecular complexity index is 836. The number of benzene rings is 1. The molecule has 104 valence electrons. The van der Waals surface area contributed by atoms with E-state index in [1.807, 2.05) is 12.1 Å². The monoisotopic (exact) mass is 282 g/mol. The number of pyridine rings is 1. The van der Waals surface area contributed by atoms with Gasteiger partial charge in [0, 0.05) is 11.6 Å². The number of hydrogen-bond acceptors (Lipinski definition) is 4. The van der Waals surface area contributed by atoms with Crippen LogP contribution >= 0.6 is 0 Å². The molecule has 7 nitrogen and oxygen atoms in total. The van der Waals surface area contributed by atoms with Crippen LogP contribution in [0.25, 0.3) is 10.9 Å². The van der Waals surface area contributed by atoms with Crippen molar-refractivity contribution in [2.24, 2.45) is 0 Å². The van der Waals surface area contributed by atoms with Crippen LogP contribution in [0.3, 0.4) is 0 Å². The molecule has 0 fully saturated rings. The fourth-order valence-electron chi connectivity index (χ4n) is 2.02. The first kappa shape index (κ1) is 12.8. The zero-order chi connectivity index (χ0) is 14.8. The smallest absolute Gasteiger partial charge is 0.354 e. The lowest BCUT2D eigenvalue weighted by Gasteiger charge is -2.07. The molecule has 3 rings (SSSR count). The molecule has 3 aromatic rings. The van der Waals surface area contributed by atoms with Crippen molar-refractivity contribution in [2.75, 3.05) is 5.32 Å². The molecular weight excluding hydrogens is 272 g/mol. The van der Waals surface area contributed by atoms with Crippen LogP contribution in [0.2, 0.25) is 0 Å². The molecular formula is C14H10N4O3. The number of carbonyl (C=O) groups is 2. The Morgan fingerprint density at radius 2 is 1.95 bits per heavy atom. The van der Waals surface area contributed by atoms with Gasteiger partial charge in [-0.3, -0.25) is 9.78 Å². The van der Waals surface area contributed by atoms with E-state index in [9.17, 15) is 9.59 Å². The molecule has 0 saturated carbocycles. The molecule has 0 spiro atoms. The van der Waals surface area contributed by atoms with Gasteiger partial charge in [0.15, 0.2) is 11.4 Å². The van der Waals surface area contributed by atoms with E-state index in [4.69, 9.17) is 5.11 Å². The number of H-pyrrole nitrogens is 1. The van der Waals surface area contributed by atoms with Crippen molar-refractivity contribution >= 4 is 28.5 Å². The molecule has 0 radical (unpaired) electrons. The van der Waals surface area contributed by atoms with Gasteiger partial charge in [-0.2, -0.15) is 0 Å². The van der Waals surface area contributed by atoms with Gasteiger partial charge in [0.25, 0.3) is 5.91 Å². The molecule has 0 unspecified atom stereocenters. The van der Waals surface area contributed by atoms with Crippen molar-refractivity contribution in [1.82, 2.24) is 15.0 Å². The number of para-hydroxylation sites is 1. The van der Waals surface area contributed by atoms with Gasteiger partial charge in [0.1, 0.15) is 0 Å². The minimum Gasteiger partial charge on any atom is -0.477 e. The highest BCUT2D eigenvalue weighted by atomic mass is 16.4. The van der Waals surface area contributed by atoms with Crippen molar-refractivity contribution in [3.8, 4) is 0 Å². The van der Waals surface area contributed by atoms with Gasteiger partial charge < -0.3 is 15.4 Å². The molecule has 21 heavy (non-hydrogen) atoms. The first-order chi connectivity index (χ1) is 10.2. The lowest BCUT2D eigenvalue weighted by Crippen LogP contribution is -2.16. The molecule has 1 amide bonds. The number of aromatic amines is 1. The summed E-state index contributed by atoms with van der Waals surface area (Å²) in [7, 11) is 0. The maximum atomic E-state index is 12.2. The quantitative estimate of drug-likeness (QED) is 0.680. The number of carbonyl (C=O) groups excluding carboxylic acids is 1. The number of anilines is 1. The summed E-state index contributed by atoms with van der Waals surface area (Å²) in [5, 5.41) is 12.5. The molecule has 0 bridgehead atoms. The first-order valence-electron chi connectivity index (χ1n) is 6.08. The fraction of sp³-hybridized carbons (Fsp3) is 0. The fourth-order valence-corrected chi connectivity index (χ4v) is 2.02. The van der Waals surface area contributed by atoms with Crippen LogP contribution in [0.15, 0.2) is 42.9 Å². The summed E-state index contributed by atoms with van der Waals surface area (Å²) in [6.07, 6.45) is 2.79. The Balaban J connectivity index is 1.97. The van der Waals surface area contributed by atoms with Gasteiger partial charge in [-0.05, 0) is 12.1 Å². The standard InChI is InChI=1S/C14H10N4O3/c19-13(11-12(14(20)21)17-7-16-11)18-9-5-1-3-8-4-2-6-15-10(8)9/h1-7H,(H,16,17)(H,18,19)(H,20,21). The van der Waals surface area contributed by atoms with Gasteiger partial charge in [-0.1, -0.05) is 18.2 Å². The van der Waals surface area contributed by atoms with Gasteiger partial charge in [-0.25, -0.2) is 9.78 Å². The lowest BCUT2D eigenvalue weighted by molar-refractivity contribution is 0.0686. The number of aromatic nitrogens is 3. The van der Waals surface area contributed by atoms with E-state index in [1.54, 1.807) is 24.4 Å². The molecule has 2 heterocycles. The third-order valence-corrected chi connectivity index (χ3v) is 2.95. The van der Waals surface area contributed by atoms with E-state index in [1.165, 1.54) is 6.33 Å². The molecule has 0 aliphatic rings. The number of imidazole rings is 1. The predicted molar refractivity (Wildman–Crippen MR) is 75.2 cm³/mol. The van der Waals surface area contributed by atoms with Crippen molar-refractivity contribution in [3.05, 3.63) is 54.2 Å². The molecule has 0 aliphatic heterocycles. The van der Waals surface area contributed by atoms with E-state index in [-0.39, 0.29) is 11.4 Å². The largest absolute Gasteiger partial charge is 0.477 e. The molecule has 2 aromatic heterocycles. The predicted octanol–water partition coefficient (Wildman–Crippen LogP) is 1.91. The summed E-state index contributed by atoms with van der Waals surface area (Å²) < 4.78 is 0. The Morgan fingerprint density at radius 1 is 1.14 bits per heavy atom. The normalized spacial score (nSPS) is 10.5. The highest BCUT2D eigenvalue weighted by Gasteiger charge is 2.20. The van der Waals surface area contributed by atoms with Crippen LogP contribution in [0.1, 0.15) is 21.0 Å². The summed E-state index contributed by atoms with van der Waals surface area (Å²) in [4.78, 5) is 33.5. The average molecular weight is 282 g/mol. The van der Waals surface area contributed by atoms with Crippen LogP contribution in [0, 0.1) is 0 Å². The zero-order valence-corrected chi connectivity index (χ0v) is 10.7. The van der Waals surface area contributed by atoms with Gasteiger partial charge in [-0.15, -0.1) is 0 Å². The second kappa shape index (κ2) is 5.04. The number of nitrogens with one attached hydrogen (secondary N) is 2. The first-order valence-corrected chi connectivity index (χ1v) is 6.08. The number of carboxylic acid groups (broad SMARTS) is 1. The number of rotatable bonds is 3. The summed E-state index contributed by atoms with van der Waals surface area (Å²) in [6.45, 7) is 0. The number of nitrogens with zero attached hydrogens (tertiary/aromatic N) is 2. The van der Waals surface area contributed by atoms with E-state index in [0.29, 0.717) is 11.2 Å². The molecule has 1 aromatic carbocycles. The number of hydrogen-bond donors (Lipinski definition) is 3. The number of carboxylic acids is 1. The number of amides is 1. The zero-order valence-electron chi connectivity index (χ0n) is 10.7. The number of aromatic carboxylic acids is 1. The lowest BCUT2D eigenvalue weighted by atomic mass is 10.2. The van der Waals surface area contributed by atoms with Crippen LogP contribution in [0.5, 0.6) is 0 Å². The minimum absolute atomic E-state index is 0.171. The number of fused-ring (bicyclic) bond motifs is 1. The van der Waals surface area contributed by atoms with Crippen molar-refractivity contribution in [1.29, 1.82) is 0 Å².